The van der Waals surface area contributed by atoms with Gasteiger partial charge in [-0.25, -0.2) is 0 Å². The summed E-state index contributed by atoms with van der Waals surface area (Å²) < 4.78 is 0. The molecule has 0 atom stereocenters. The standard InChI is InChI=1S/C10H9ClO/c1-8-4-2-3-5-9(8)10(12)6-7-11/h2-7H,1H3/b7-6+. The van der Waals surface area contributed by atoms with Crippen molar-refractivity contribution in [2.45, 2.75) is 6.92 Å². The highest BCUT2D eigenvalue weighted by Gasteiger charge is 2.02. The van der Waals surface area contributed by atoms with Crippen LogP contribution in [-0.4, -0.2) is 5.78 Å². The zero-order valence-electron chi connectivity index (χ0n) is 6.75. The SMILES string of the molecule is Cc1ccccc1C(=O)/C=C/Cl. The first-order chi connectivity index (χ1) is 5.75. The van der Waals surface area contributed by atoms with Gasteiger partial charge in [0.05, 0.1) is 0 Å². The van der Waals surface area contributed by atoms with Gasteiger partial charge >= 0.3 is 0 Å². The summed E-state index contributed by atoms with van der Waals surface area (Å²) in [4.78, 5) is 11.3. The van der Waals surface area contributed by atoms with Crippen LogP contribution in [0.2, 0.25) is 0 Å². The molecule has 0 bridgehead atoms. The van der Waals surface area contributed by atoms with Crippen LogP contribution in [0, 0.1) is 6.92 Å². The van der Waals surface area contributed by atoms with Gasteiger partial charge in [0.1, 0.15) is 0 Å². The molecule has 0 spiro atoms. The van der Waals surface area contributed by atoms with E-state index in [1.54, 1.807) is 6.07 Å². The van der Waals surface area contributed by atoms with Crippen molar-refractivity contribution in [2.24, 2.45) is 0 Å². The molecule has 0 saturated heterocycles. The number of ketones is 1. The fourth-order valence-electron chi connectivity index (χ4n) is 0.996. The highest BCUT2D eigenvalue weighted by molar-refractivity contribution is 6.27. The predicted molar refractivity (Wildman–Crippen MR) is 50.5 cm³/mol. The Kier molecular flexibility index (Phi) is 3.06. The Morgan fingerprint density at radius 3 is 2.67 bits per heavy atom. The predicted octanol–water partition coefficient (Wildman–Crippen LogP) is 2.93. The summed E-state index contributed by atoms with van der Waals surface area (Å²) in [7, 11) is 0. The minimum absolute atomic E-state index is 0.0527. The Hall–Kier alpha value is -1.08. The monoisotopic (exact) mass is 180 g/mol. The van der Waals surface area contributed by atoms with Crippen LogP contribution in [0.5, 0.6) is 0 Å². The van der Waals surface area contributed by atoms with Gasteiger partial charge in [0.25, 0.3) is 0 Å². The molecule has 12 heavy (non-hydrogen) atoms. The number of carbonyl (C=O) groups excluding carboxylic acids is 1. The van der Waals surface area contributed by atoms with Crippen molar-refractivity contribution < 1.29 is 4.79 Å². The summed E-state index contributed by atoms with van der Waals surface area (Å²) in [5, 5.41) is 0. The van der Waals surface area contributed by atoms with Crippen LogP contribution in [0.15, 0.2) is 35.9 Å². The van der Waals surface area contributed by atoms with Crippen LogP contribution in [0.3, 0.4) is 0 Å². The molecule has 1 nitrogen and oxygen atoms in total. The van der Waals surface area contributed by atoms with Crippen molar-refractivity contribution in [3.05, 3.63) is 47.0 Å². The van der Waals surface area contributed by atoms with Gasteiger partial charge in [-0.3, -0.25) is 4.79 Å². The van der Waals surface area contributed by atoms with E-state index in [0.717, 1.165) is 5.56 Å². The first kappa shape index (κ1) is 9.01. The molecule has 0 aliphatic carbocycles. The van der Waals surface area contributed by atoms with Gasteiger partial charge in [-0.05, 0) is 18.6 Å². The maximum atomic E-state index is 11.3. The number of benzene rings is 1. The second kappa shape index (κ2) is 4.07. The van der Waals surface area contributed by atoms with Crippen molar-refractivity contribution in [2.75, 3.05) is 0 Å². The highest BCUT2D eigenvalue weighted by atomic mass is 35.5. The van der Waals surface area contributed by atoms with Gasteiger partial charge in [0.15, 0.2) is 5.78 Å². The molecule has 0 aliphatic rings. The zero-order valence-corrected chi connectivity index (χ0v) is 7.51. The number of hydrogen-bond donors (Lipinski definition) is 0. The van der Waals surface area contributed by atoms with E-state index in [1.807, 2.05) is 25.1 Å². The van der Waals surface area contributed by atoms with E-state index in [1.165, 1.54) is 11.6 Å². The van der Waals surface area contributed by atoms with Crippen LogP contribution < -0.4 is 0 Å². The van der Waals surface area contributed by atoms with Crippen molar-refractivity contribution in [3.63, 3.8) is 0 Å². The average Bonchev–Trinajstić information content (AvgIpc) is 2.05. The third-order valence-corrected chi connectivity index (χ3v) is 1.75. The quantitative estimate of drug-likeness (QED) is 0.505. The molecule has 0 heterocycles. The van der Waals surface area contributed by atoms with E-state index in [0.29, 0.717) is 5.56 Å². The molecule has 1 aromatic carbocycles. The first-order valence-electron chi connectivity index (χ1n) is 3.62. The number of halogens is 1. The normalized spacial score (nSPS) is 10.5. The number of hydrogen-bond acceptors (Lipinski definition) is 1. The third-order valence-electron chi connectivity index (χ3n) is 1.62. The van der Waals surface area contributed by atoms with Crippen molar-refractivity contribution in [1.82, 2.24) is 0 Å². The van der Waals surface area contributed by atoms with E-state index >= 15 is 0 Å². The summed E-state index contributed by atoms with van der Waals surface area (Å²) in [5.74, 6) is -0.0527. The van der Waals surface area contributed by atoms with Gasteiger partial charge in [-0.15, -0.1) is 0 Å². The molecule has 1 aromatic rings. The van der Waals surface area contributed by atoms with E-state index < -0.39 is 0 Å². The lowest BCUT2D eigenvalue weighted by Crippen LogP contribution is -1.96. The summed E-state index contributed by atoms with van der Waals surface area (Å²) in [6, 6.07) is 7.42. The van der Waals surface area contributed by atoms with E-state index in [2.05, 4.69) is 0 Å². The largest absolute Gasteiger partial charge is 0.289 e. The number of carbonyl (C=O) groups is 1. The summed E-state index contributed by atoms with van der Waals surface area (Å²) in [6.45, 7) is 1.90. The van der Waals surface area contributed by atoms with E-state index in [-0.39, 0.29) is 5.78 Å². The summed E-state index contributed by atoms with van der Waals surface area (Å²) in [6.07, 6.45) is 1.35. The molecule has 62 valence electrons. The topological polar surface area (TPSA) is 17.1 Å². The molecule has 0 unspecified atom stereocenters. The molecule has 0 aliphatic heterocycles. The first-order valence-corrected chi connectivity index (χ1v) is 4.06. The second-order valence-electron chi connectivity index (χ2n) is 2.47. The molecule has 0 aromatic heterocycles. The second-order valence-corrected chi connectivity index (χ2v) is 2.72. The van der Waals surface area contributed by atoms with E-state index in [9.17, 15) is 4.79 Å². The van der Waals surface area contributed by atoms with Crippen molar-refractivity contribution in [3.8, 4) is 0 Å². The van der Waals surface area contributed by atoms with Gasteiger partial charge in [0, 0.05) is 11.1 Å². The van der Waals surface area contributed by atoms with Crippen molar-refractivity contribution >= 4 is 17.4 Å². The van der Waals surface area contributed by atoms with E-state index in [4.69, 9.17) is 11.6 Å². The lowest BCUT2D eigenvalue weighted by molar-refractivity contribution is 0.104. The molecule has 0 saturated carbocycles. The number of rotatable bonds is 2. The Morgan fingerprint density at radius 1 is 1.42 bits per heavy atom. The molecular formula is C10H9ClO. The molecule has 1 rings (SSSR count). The molecule has 0 fully saturated rings. The molecular weight excluding hydrogens is 172 g/mol. The molecule has 0 amide bonds. The zero-order chi connectivity index (χ0) is 8.97. The Balaban J connectivity index is 3.03. The van der Waals surface area contributed by atoms with Crippen LogP contribution >= 0.6 is 11.6 Å². The molecule has 0 N–H and O–H groups in total. The number of allylic oxidation sites excluding steroid dienone is 1. The lowest BCUT2D eigenvalue weighted by atomic mass is 10.1. The Bertz CT molecular complexity index is 315. The fraction of sp³-hybridized carbons (Fsp3) is 0.100. The van der Waals surface area contributed by atoms with Gasteiger partial charge in [-0.1, -0.05) is 35.9 Å². The minimum atomic E-state index is -0.0527. The van der Waals surface area contributed by atoms with Crippen LogP contribution in [0.25, 0.3) is 0 Å². The maximum Gasteiger partial charge on any atom is 0.186 e. The van der Waals surface area contributed by atoms with Crippen LogP contribution in [-0.2, 0) is 0 Å². The lowest BCUT2D eigenvalue weighted by Gasteiger charge is -1.98. The summed E-state index contributed by atoms with van der Waals surface area (Å²) >= 11 is 5.30. The van der Waals surface area contributed by atoms with Crippen LogP contribution in [0.1, 0.15) is 15.9 Å². The molecule has 2 heteroatoms. The average molecular weight is 181 g/mol. The smallest absolute Gasteiger partial charge is 0.186 e. The fourth-order valence-corrected chi connectivity index (χ4v) is 1.11. The summed E-state index contributed by atoms with van der Waals surface area (Å²) in [5.41, 5.74) is 2.90. The third kappa shape index (κ3) is 1.95. The van der Waals surface area contributed by atoms with Gasteiger partial charge in [-0.2, -0.15) is 0 Å². The number of aryl methyl sites for hydroxylation is 1. The Labute approximate surface area is 76.7 Å². The molecule has 0 radical (unpaired) electrons. The van der Waals surface area contributed by atoms with Gasteiger partial charge in [0.2, 0.25) is 0 Å². The maximum absolute atomic E-state index is 11.3. The van der Waals surface area contributed by atoms with Crippen molar-refractivity contribution in [1.29, 1.82) is 0 Å². The Morgan fingerprint density at radius 2 is 2.08 bits per heavy atom. The van der Waals surface area contributed by atoms with Gasteiger partial charge < -0.3 is 0 Å². The minimum Gasteiger partial charge on any atom is -0.289 e. The highest BCUT2D eigenvalue weighted by Crippen LogP contribution is 2.08. The van der Waals surface area contributed by atoms with Crippen LogP contribution in [0.4, 0.5) is 0 Å².